The topological polar surface area (TPSA) is 126 Å². The van der Waals surface area contributed by atoms with E-state index < -0.39 is 0 Å². The van der Waals surface area contributed by atoms with Crippen LogP contribution in [0.5, 0.6) is 0 Å². The van der Waals surface area contributed by atoms with Crippen molar-refractivity contribution in [3.63, 3.8) is 0 Å². The monoisotopic (exact) mass is 590 g/mol. The van der Waals surface area contributed by atoms with Crippen molar-refractivity contribution >= 4 is 22.8 Å². The van der Waals surface area contributed by atoms with Gasteiger partial charge in [-0.3, -0.25) is 9.47 Å². The fourth-order valence-corrected chi connectivity index (χ4v) is 6.70. The van der Waals surface area contributed by atoms with Crippen molar-refractivity contribution in [3.8, 4) is 34.4 Å². The summed E-state index contributed by atoms with van der Waals surface area (Å²) in [4.78, 5) is 27.8. The molecule has 3 fully saturated rings. The van der Waals surface area contributed by atoms with Gasteiger partial charge in [0.1, 0.15) is 35.2 Å². The predicted octanol–water partition coefficient (Wildman–Crippen LogP) is 5.25. The number of nitriles is 1. The largest absolute Gasteiger partial charge is 0.383 e. The summed E-state index contributed by atoms with van der Waals surface area (Å²) in [6, 6.07) is 31.4. The van der Waals surface area contributed by atoms with Crippen LogP contribution in [0.4, 0.5) is 11.6 Å². The number of fused-ring (bicyclic) bond motifs is 4. The molecule has 0 saturated carbocycles. The number of anilines is 2. The first-order valence-electron chi connectivity index (χ1n) is 15.1. The van der Waals surface area contributed by atoms with Crippen LogP contribution in [0.1, 0.15) is 24.1 Å². The SMILES string of the molecule is N#Cc1cc(N2CC3CCC2CN3Cc2ccc(-n3c(-c4cccnc4N)nc4ccc(-c5ccccc5)nc43)cc2)ncn1. The van der Waals surface area contributed by atoms with Gasteiger partial charge in [0.05, 0.1) is 11.3 Å². The summed E-state index contributed by atoms with van der Waals surface area (Å²) in [6.45, 7) is 2.73. The van der Waals surface area contributed by atoms with E-state index in [4.69, 9.17) is 15.7 Å². The van der Waals surface area contributed by atoms with Gasteiger partial charge in [-0.1, -0.05) is 42.5 Å². The summed E-state index contributed by atoms with van der Waals surface area (Å²) in [5.41, 5.74) is 13.2. The summed E-state index contributed by atoms with van der Waals surface area (Å²) >= 11 is 0. The molecule has 9 rings (SSSR count). The fraction of sp³-hybridized carbons (Fsp3) is 0.200. The molecule has 3 aliphatic heterocycles. The minimum Gasteiger partial charge on any atom is -0.383 e. The Morgan fingerprint density at radius 2 is 1.69 bits per heavy atom. The van der Waals surface area contributed by atoms with Crippen molar-refractivity contribution in [3.05, 3.63) is 109 Å². The van der Waals surface area contributed by atoms with E-state index in [0.717, 1.165) is 72.0 Å². The molecule has 3 saturated heterocycles. The van der Waals surface area contributed by atoms with Gasteiger partial charge < -0.3 is 10.6 Å². The van der Waals surface area contributed by atoms with Crippen LogP contribution in [0.2, 0.25) is 0 Å². The number of hydrogen-bond acceptors (Lipinski definition) is 9. The van der Waals surface area contributed by atoms with Crippen LogP contribution in [0.25, 0.3) is 39.5 Å². The Labute approximate surface area is 260 Å². The summed E-state index contributed by atoms with van der Waals surface area (Å²) in [6.07, 6.45) is 5.46. The number of benzene rings is 2. The van der Waals surface area contributed by atoms with Crippen molar-refractivity contribution < 1.29 is 0 Å². The lowest BCUT2D eigenvalue weighted by molar-refractivity contribution is 0.0885. The van der Waals surface area contributed by atoms with Crippen LogP contribution in [-0.4, -0.2) is 59.6 Å². The van der Waals surface area contributed by atoms with Crippen LogP contribution in [0.15, 0.2) is 97.5 Å². The first-order valence-corrected chi connectivity index (χ1v) is 15.1. The summed E-state index contributed by atoms with van der Waals surface area (Å²) < 4.78 is 2.08. The smallest absolute Gasteiger partial charge is 0.165 e. The Balaban J connectivity index is 1.10. The van der Waals surface area contributed by atoms with Gasteiger partial charge in [0, 0.05) is 55.2 Å². The van der Waals surface area contributed by atoms with E-state index in [1.54, 1.807) is 12.3 Å². The van der Waals surface area contributed by atoms with Gasteiger partial charge in [0.25, 0.3) is 0 Å². The number of imidazole rings is 1. The molecule has 7 heterocycles. The number of aromatic nitrogens is 6. The molecule has 0 spiro atoms. The minimum absolute atomic E-state index is 0.366. The summed E-state index contributed by atoms with van der Waals surface area (Å²) in [5.74, 6) is 1.98. The molecular formula is C35H30N10. The second-order valence-electron chi connectivity index (χ2n) is 11.6. The van der Waals surface area contributed by atoms with E-state index in [1.807, 2.05) is 42.5 Å². The summed E-state index contributed by atoms with van der Waals surface area (Å²) in [7, 11) is 0. The average molecular weight is 591 g/mol. The Morgan fingerprint density at radius 1 is 0.844 bits per heavy atom. The molecule has 45 heavy (non-hydrogen) atoms. The molecule has 0 radical (unpaired) electrons. The number of rotatable bonds is 6. The Bertz CT molecular complexity index is 2050. The van der Waals surface area contributed by atoms with E-state index >= 15 is 0 Å². The highest BCUT2D eigenvalue weighted by molar-refractivity contribution is 5.84. The first-order chi connectivity index (χ1) is 22.1. The third-order valence-electron chi connectivity index (χ3n) is 8.94. The molecular weight excluding hydrogens is 560 g/mol. The molecule has 2 N–H and O–H groups in total. The fourth-order valence-electron chi connectivity index (χ4n) is 6.70. The predicted molar refractivity (Wildman–Crippen MR) is 173 cm³/mol. The van der Waals surface area contributed by atoms with Gasteiger partial charge in [0.15, 0.2) is 11.5 Å². The summed E-state index contributed by atoms with van der Waals surface area (Å²) in [5, 5.41) is 9.29. The quantitative estimate of drug-likeness (QED) is 0.277. The van der Waals surface area contributed by atoms with E-state index in [-0.39, 0.29) is 0 Å². The van der Waals surface area contributed by atoms with Gasteiger partial charge in [0.2, 0.25) is 0 Å². The lowest BCUT2D eigenvalue weighted by Gasteiger charge is -2.52. The Morgan fingerprint density at radius 3 is 2.47 bits per heavy atom. The van der Waals surface area contributed by atoms with Crippen LogP contribution in [0, 0.1) is 11.3 Å². The highest BCUT2D eigenvalue weighted by Crippen LogP contribution is 2.34. The number of pyridine rings is 2. The van der Waals surface area contributed by atoms with E-state index in [1.165, 1.54) is 11.9 Å². The highest BCUT2D eigenvalue weighted by Gasteiger charge is 2.39. The standard InChI is InChI=1S/C35H30N10/c36-18-25-17-32(40-22-39-25)44-21-27-12-13-28(44)20-43(27)19-23-8-10-26(11-9-23)45-34(29-7-4-16-38-33(29)37)42-31-15-14-30(41-35(31)45)24-5-2-1-3-6-24/h1-11,14-17,22,27-28H,12-13,19-21H2,(H2,37,38). The van der Waals surface area contributed by atoms with Crippen molar-refractivity contribution in [2.24, 2.45) is 0 Å². The van der Waals surface area contributed by atoms with Gasteiger partial charge in [-0.05, 0) is 54.8 Å². The Hall–Kier alpha value is -5.66. The molecule has 2 aromatic carbocycles. The maximum absolute atomic E-state index is 9.29. The molecule has 2 atom stereocenters. The van der Waals surface area contributed by atoms with Crippen LogP contribution < -0.4 is 10.6 Å². The van der Waals surface area contributed by atoms with Gasteiger partial charge in [-0.15, -0.1) is 0 Å². The molecule has 2 unspecified atom stereocenters. The van der Waals surface area contributed by atoms with Crippen LogP contribution in [0.3, 0.4) is 0 Å². The second kappa shape index (κ2) is 11.1. The third kappa shape index (κ3) is 4.93. The number of nitrogen functional groups attached to an aromatic ring is 1. The molecule has 10 heteroatoms. The molecule has 10 nitrogen and oxygen atoms in total. The zero-order valence-electron chi connectivity index (χ0n) is 24.5. The Kier molecular flexibility index (Phi) is 6.65. The van der Waals surface area contributed by atoms with Crippen molar-refractivity contribution in [1.29, 1.82) is 5.26 Å². The number of nitrogens with two attached hydrogens (primary N) is 1. The minimum atomic E-state index is 0.366. The van der Waals surface area contributed by atoms with E-state index in [9.17, 15) is 5.26 Å². The zero-order chi connectivity index (χ0) is 30.3. The molecule has 0 aliphatic carbocycles. The normalized spacial score (nSPS) is 17.9. The maximum Gasteiger partial charge on any atom is 0.165 e. The maximum atomic E-state index is 9.29. The number of nitrogens with zero attached hydrogens (tertiary/aromatic N) is 9. The number of piperidine rings is 2. The molecule has 2 bridgehead atoms. The number of piperazine rings is 1. The van der Waals surface area contributed by atoms with Gasteiger partial charge in [-0.25, -0.2) is 24.9 Å². The van der Waals surface area contributed by atoms with E-state index in [0.29, 0.717) is 29.4 Å². The average Bonchev–Trinajstić information content (AvgIpc) is 3.48. The van der Waals surface area contributed by atoms with Crippen molar-refractivity contribution in [2.45, 2.75) is 31.5 Å². The van der Waals surface area contributed by atoms with Crippen molar-refractivity contribution in [2.75, 3.05) is 23.7 Å². The van der Waals surface area contributed by atoms with Crippen LogP contribution >= 0.6 is 0 Å². The van der Waals surface area contributed by atoms with Crippen molar-refractivity contribution in [1.82, 2.24) is 34.4 Å². The first kappa shape index (κ1) is 26.9. The lowest BCUT2D eigenvalue weighted by atomic mass is 9.90. The molecule has 220 valence electrons. The molecule has 4 aromatic heterocycles. The lowest BCUT2D eigenvalue weighted by Crippen LogP contribution is -2.62. The number of hydrogen-bond donors (Lipinski definition) is 1. The van der Waals surface area contributed by atoms with Crippen LogP contribution in [-0.2, 0) is 6.54 Å². The van der Waals surface area contributed by atoms with E-state index in [2.05, 4.69) is 71.8 Å². The third-order valence-corrected chi connectivity index (χ3v) is 8.94. The molecule has 0 amide bonds. The molecule has 6 aromatic rings. The highest BCUT2D eigenvalue weighted by atomic mass is 15.3. The second-order valence-corrected chi connectivity index (χ2v) is 11.6. The van der Waals surface area contributed by atoms with Gasteiger partial charge in [-0.2, -0.15) is 5.26 Å². The molecule has 3 aliphatic rings. The van der Waals surface area contributed by atoms with Gasteiger partial charge >= 0.3 is 0 Å². The zero-order valence-corrected chi connectivity index (χ0v) is 24.5.